The van der Waals surface area contributed by atoms with E-state index in [1.807, 2.05) is 37.3 Å². The summed E-state index contributed by atoms with van der Waals surface area (Å²) < 4.78 is 10.3. The smallest absolute Gasteiger partial charge is 0.271 e. The molecule has 120 valence electrons. The number of rotatable bonds is 6. The molecule has 0 aromatic heterocycles. The van der Waals surface area contributed by atoms with Gasteiger partial charge in [0.25, 0.3) is 5.91 Å². The molecular formula is C18H20N2O3. The van der Waals surface area contributed by atoms with E-state index in [4.69, 9.17) is 9.47 Å². The van der Waals surface area contributed by atoms with Gasteiger partial charge in [0.15, 0.2) is 0 Å². The molecule has 5 nitrogen and oxygen atoms in total. The molecule has 0 saturated carbocycles. The Morgan fingerprint density at radius 3 is 2.26 bits per heavy atom. The molecule has 0 heterocycles. The molecule has 1 N–H and O–H groups in total. The van der Waals surface area contributed by atoms with Crippen LogP contribution in [0.5, 0.6) is 11.5 Å². The summed E-state index contributed by atoms with van der Waals surface area (Å²) in [5.41, 5.74) is 4.08. The van der Waals surface area contributed by atoms with Crippen molar-refractivity contribution < 1.29 is 14.3 Å². The number of nitrogens with zero attached hydrogens (tertiary/aromatic N) is 1. The van der Waals surface area contributed by atoms with Gasteiger partial charge in [0, 0.05) is 23.8 Å². The quantitative estimate of drug-likeness (QED) is 0.658. The Kier molecular flexibility index (Phi) is 5.74. The van der Waals surface area contributed by atoms with E-state index in [0.717, 1.165) is 5.56 Å². The van der Waals surface area contributed by atoms with Gasteiger partial charge in [-0.25, -0.2) is 5.43 Å². The number of hydrazone groups is 1. The maximum atomic E-state index is 12.2. The molecular weight excluding hydrogens is 292 g/mol. The van der Waals surface area contributed by atoms with Gasteiger partial charge in [-0.2, -0.15) is 5.10 Å². The van der Waals surface area contributed by atoms with Crippen molar-refractivity contribution in [2.75, 3.05) is 14.2 Å². The number of benzene rings is 2. The number of carbonyl (C=O) groups is 1. The molecule has 2 aromatic carbocycles. The standard InChI is InChI=1S/C18H20N2O3/c1-13(14-7-5-4-6-8-14)12-19-20-18(21)15-9-16(22-2)11-17(10-15)23-3/h4-13H,1-3H3,(H,20,21)/b19-12-/t13-/m1/s1. The van der Waals surface area contributed by atoms with Crippen LogP contribution in [0, 0.1) is 0 Å². The van der Waals surface area contributed by atoms with Crippen LogP contribution in [0.1, 0.15) is 28.8 Å². The van der Waals surface area contributed by atoms with Crippen LogP contribution in [0.2, 0.25) is 0 Å². The van der Waals surface area contributed by atoms with Crippen molar-refractivity contribution in [1.29, 1.82) is 0 Å². The highest BCUT2D eigenvalue weighted by atomic mass is 16.5. The van der Waals surface area contributed by atoms with Crippen molar-refractivity contribution in [3.8, 4) is 11.5 Å². The molecule has 2 aromatic rings. The summed E-state index contributed by atoms with van der Waals surface area (Å²) in [6.45, 7) is 2.01. The van der Waals surface area contributed by atoms with Crippen LogP contribution in [0.3, 0.4) is 0 Å². The summed E-state index contributed by atoms with van der Waals surface area (Å²) in [7, 11) is 3.08. The summed E-state index contributed by atoms with van der Waals surface area (Å²) in [5.74, 6) is 0.891. The molecule has 1 atom stereocenters. The van der Waals surface area contributed by atoms with Crippen LogP contribution in [0.25, 0.3) is 0 Å². The number of nitrogens with one attached hydrogen (secondary N) is 1. The first-order chi connectivity index (χ1) is 11.1. The summed E-state index contributed by atoms with van der Waals surface area (Å²) >= 11 is 0. The van der Waals surface area contributed by atoms with E-state index >= 15 is 0 Å². The minimum absolute atomic E-state index is 0.108. The minimum Gasteiger partial charge on any atom is -0.497 e. The Morgan fingerprint density at radius 2 is 1.70 bits per heavy atom. The Balaban J connectivity index is 2.03. The second kappa shape index (κ2) is 7.98. The molecule has 0 spiro atoms. The van der Waals surface area contributed by atoms with Gasteiger partial charge in [-0.15, -0.1) is 0 Å². The average Bonchev–Trinajstić information content (AvgIpc) is 2.61. The largest absolute Gasteiger partial charge is 0.497 e. The SMILES string of the molecule is COc1cc(OC)cc(C(=O)N/N=C\[C@@H](C)c2ccccc2)c1. The third-order valence-corrected chi connectivity index (χ3v) is 3.40. The lowest BCUT2D eigenvalue weighted by atomic mass is 10.0. The van der Waals surface area contributed by atoms with E-state index in [0.29, 0.717) is 17.1 Å². The van der Waals surface area contributed by atoms with Gasteiger partial charge in [-0.1, -0.05) is 37.3 Å². The molecule has 0 unspecified atom stereocenters. The van der Waals surface area contributed by atoms with E-state index in [2.05, 4.69) is 10.5 Å². The molecule has 0 aliphatic carbocycles. The third-order valence-electron chi connectivity index (χ3n) is 3.40. The summed E-state index contributed by atoms with van der Waals surface area (Å²) in [6, 6.07) is 14.9. The summed E-state index contributed by atoms with van der Waals surface area (Å²) in [6.07, 6.45) is 1.70. The maximum Gasteiger partial charge on any atom is 0.271 e. The van der Waals surface area contributed by atoms with Crippen molar-refractivity contribution >= 4 is 12.1 Å². The lowest BCUT2D eigenvalue weighted by Crippen LogP contribution is -2.18. The number of ether oxygens (including phenoxy) is 2. The van der Waals surface area contributed by atoms with Crippen LogP contribution >= 0.6 is 0 Å². The van der Waals surface area contributed by atoms with E-state index < -0.39 is 0 Å². The van der Waals surface area contributed by atoms with Gasteiger partial charge in [0.1, 0.15) is 11.5 Å². The summed E-state index contributed by atoms with van der Waals surface area (Å²) in [5, 5.41) is 4.03. The van der Waals surface area contributed by atoms with Crippen LogP contribution in [0.15, 0.2) is 53.6 Å². The fourth-order valence-corrected chi connectivity index (χ4v) is 2.05. The van der Waals surface area contributed by atoms with Crippen molar-refractivity contribution in [3.05, 3.63) is 59.7 Å². The fraction of sp³-hybridized carbons (Fsp3) is 0.222. The first kappa shape index (κ1) is 16.5. The normalized spacial score (nSPS) is 12.0. The Morgan fingerprint density at radius 1 is 1.09 bits per heavy atom. The zero-order valence-electron chi connectivity index (χ0n) is 13.4. The molecule has 0 saturated heterocycles. The zero-order valence-corrected chi connectivity index (χ0v) is 13.4. The van der Waals surface area contributed by atoms with Gasteiger partial charge < -0.3 is 9.47 Å². The van der Waals surface area contributed by atoms with Gasteiger partial charge >= 0.3 is 0 Å². The lowest BCUT2D eigenvalue weighted by molar-refractivity contribution is 0.0954. The van der Waals surface area contributed by atoms with E-state index in [-0.39, 0.29) is 11.8 Å². The second-order valence-electron chi connectivity index (χ2n) is 5.02. The molecule has 0 aliphatic rings. The molecule has 1 amide bonds. The second-order valence-corrected chi connectivity index (χ2v) is 5.02. The van der Waals surface area contributed by atoms with Crippen LogP contribution < -0.4 is 14.9 Å². The zero-order chi connectivity index (χ0) is 16.7. The predicted octanol–water partition coefficient (Wildman–Crippen LogP) is 3.22. The van der Waals surface area contributed by atoms with Crippen LogP contribution in [-0.2, 0) is 0 Å². The van der Waals surface area contributed by atoms with Crippen molar-refractivity contribution in [2.45, 2.75) is 12.8 Å². The number of carbonyl (C=O) groups excluding carboxylic acids is 1. The molecule has 0 radical (unpaired) electrons. The Bertz CT molecular complexity index is 662. The summed E-state index contributed by atoms with van der Waals surface area (Å²) in [4.78, 5) is 12.2. The molecule has 5 heteroatoms. The van der Waals surface area contributed by atoms with Gasteiger partial charge in [-0.3, -0.25) is 4.79 Å². The number of methoxy groups -OCH3 is 2. The molecule has 0 fully saturated rings. The number of amides is 1. The van der Waals surface area contributed by atoms with Crippen molar-refractivity contribution in [1.82, 2.24) is 5.43 Å². The van der Waals surface area contributed by atoms with Gasteiger partial charge in [-0.05, 0) is 17.7 Å². The van der Waals surface area contributed by atoms with Crippen LogP contribution in [0.4, 0.5) is 0 Å². The van der Waals surface area contributed by atoms with E-state index in [1.54, 1.807) is 24.4 Å². The van der Waals surface area contributed by atoms with Gasteiger partial charge in [0.05, 0.1) is 14.2 Å². The molecule has 0 bridgehead atoms. The predicted molar refractivity (Wildman–Crippen MR) is 90.4 cm³/mol. The average molecular weight is 312 g/mol. The Labute approximate surface area is 135 Å². The monoisotopic (exact) mass is 312 g/mol. The lowest BCUT2D eigenvalue weighted by Gasteiger charge is -2.08. The number of hydrogen-bond acceptors (Lipinski definition) is 4. The first-order valence-electron chi connectivity index (χ1n) is 7.25. The van der Waals surface area contributed by atoms with Crippen molar-refractivity contribution in [2.24, 2.45) is 5.10 Å². The van der Waals surface area contributed by atoms with E-state index in [1.165, 1.54) is 14.2 Å². The molecule has 0 aliphatic heterocycles. The third kappa shape index (κ3) is 4.57. The van der Waals surface area contributed by atoms with E-state index in [9.17, 15) is 4.79 Å². The maximum absolute atomic E-state index is 12.2. The first-order valence-corrected chi connectivity index (χ1v) is 7.25. The Hall–Kier alpha value is -2.82. The highest BCUT2D eigenvalue weighted by Gasteiger charge is 2.09. The molecule has 23 heavy (non-hydrogen) atoms. The highest BCUT2D eigenvalue weighted by Crippen LogP contribution is 2.22. The topological polar surface area (TPSA) is 59.9 Å². The number of hydrogen-bond donors (Lipinski definition) is 1. The van der Waals surface area contributed by atoms with Crippen molar-refractivity contribution in [3.63, 3.8) is 0 Å². The fourth-order valence-electron chi connectivity index (χ4n) is 2.05. The van der Waals surface area contributed by atoms with Gasteiger partial charge in [0.2, 0.25) is 0 Å². The molecule has 2 rings (SSSR count). The van der Waals surface area contributed by atoms with Crippen LogP contribution in [-0.4, -0.2) is 26.3 Å². The minimum atomic E-state index is -0.321. The highest BCUT2D eigenvalue weighted by molar-refractivity contribution is 5.95.